The predicted octanol–water partition coefficient (Wildman–Crippen LogP) is 4.69. The average molecular weight is 398 g/mol. The molecule has 0 unspecified atom stereocenters. The Balaban J connectivity index is 2.25. The van der Waals surface area contributed by atoms with Crippen LogP contribution in [0.2, 0.25) is 0 Å². The molecular formula is C17H17BrFNO4. The molecule has 7 heteroatoms. The highest BCUT2D eigenvalue weighted by Gasteiger charge is 2.19. The van der Waals surface area contributed by atoms with Crippen LogP contribution in [0.15, 0.2) is 40.9 Å². The number of benzene rings is 2. The summed E-state index contributed by atoms with van der Waals surface area (Å²) in [5.74, 6) is -0.367. The van der Waals surface area contributed by atoms with Crippen molar-refractivity contribution in [1.82, 2.24) is 0 Å². The molecule has 1 amide bonds. The Kier molecular flexibility index (Phi) is 6.16. The largest absolute Gasteiger partial charge is 0.486 e. The molecule has 2 aromatic carbocycles. The lowest BCUT2D eigenvalue weighted by molar-refractivity contribution is 0.140. The molecule has 0 spiro atoms. The Morgan fingerprint density at radius 2 is 2.08 bits per heavy atom. The number of hydrogen-bond acceptors (Lipinski definition) is 4. The van der Waals surface area contributed by atoms with Crippen molar-refractivity contribution in [2.75, 3.05) is 12.2 Å². The second kappa shape index (κ2) is 8.12. The van der Waals surface area contributed by atoms with Gasteiger partial charge in [0.2, 0.25) is 0 Å². The number of aryl methyl sites for hydroxylation is 1. The maximum Gasteiger partial charge on any atom is 0.438 e. The van der Waals surface area contributed by atoms with Gasteiger partial charge in [-0.25, -0.2) is 9.18 Å². The normalized spacial score (nSPS) is 10.4. The van der Waals surface area contributed by atoms with Crippen LogP contribution in [0.4, 0.5) is 14.9 Å². The Labute approximate surface area is 147 Å². The average Bonchev–Trinajstić information content (AvgIpc) is 2.59. The number of ether oxygens (including phenoxy) is 2. The Morgan fingerprint density at radius 1 is 1.33 bits per heavy atom. The van der Waals surface area contributed by atoms with Crippen LogP contribution in [-0.4, -0.2) is 18.4 Å². The van der Waals surface area contributed by atoms with Gasteiger partial charge in [-0.05, 0) is 36.2 Å². The highest BCUT2D eigenvalue weighted by molar-refractivity contribution is 9.10. The van der Waals surface area contributed by atoms with Gasteiger partial charge in [0.15, 0.2) is 11.6 Å². The van der Waals surface area contributed by atoms with E-state index >= 15 is 0 Å². The van der Waals surface area contributed by atoms with Crippen molar-refractivity contribution in [3.63, 3.8) is 0 Å². The first-order valence-electron chi connectivity index (χ1n) is 7.23. The van der Waals surface area contributed by atoms with Crippen LogP contribution < -0.4 is 9.80 Å². The standard InChI is InChI=1S/C17H17BrFNO4/c1-3-11-7-8-16(14(19)9-11)24-10-12-13(18)5-4-6-15(12)20(22)17(21)23-2/h4-9,22H,3,10H2,1-2H3. The third-order valence-electron chi connectivity index (χ3n) is 3.45. The first kappa shape index (κ1) is 18.2. The molecule has 5 nitrogen and oxygen atoms in total. The Bertz CT molecular complexity index is 739. The summed E-state index contributed by atoms with van der Waals surface area (Å²) < 4.78 is 24.6. The highest BCUT2D eigenvalue weighted by Crippen LogP contribution is 2.29. The molecule has 2 rings (SSSR count). The van der Waals surface area contributed by atoms with Crippen LogP contribution in [0.25, 0.3) is 0 Å². The first-order chi connectivity index (χ1) is 11.5. The lowest BCUT2D eigenvalue weighted by Crippen LogP contribution is -2.28. The third kappa shape index (κ3) is 4.04. The third-order valence-corrected chi connectivity index (χ3v) is 4.19. The molecule has 0 atom stereocenters. The van der Waals surface area contributed by atoms with Crippen LogP contribution in [0.3, 0.4) is 0 Å². The summed E-state index contributed by atoms with van der Waals surface area (Å²) in [4.78, 5) is 11.5. The van der Waals surface area contributed by atoms with Gasteiger partial charge < -0.3 is 9.47 Å². The van der Waals surface area contributed by atoms with Gasteiger partial charge in [-0.3, -0.25) is 5.21 Å². The summed E-state index contributed by atoms with van der Waals surface area (Å²) in [7, 11) is 1.16. The molecule has 0 radical (unpaired) electrons. The van der Waals surface area contributed by atoms with E-state index in [9.17, 15) is 14.4 Å². The maximum absolute atomic E-state index is 14.0. The maximum atomic E-state index is 14.0. The molecule has 24 heavy (non-hydrogen) atoms. The van der Waals surface area contributed by atoms with Crippen molar-refractivity contribution in [3.8, 4) is 5.75 Å². The zero-order chi connectivity index (χ0) is 17.7. The van der Waals surface area contributed by atoms with E-state index in [0.29, 0.717) is 15.1 Å². The number of hydroxylamine groups is 1. The van der Waals surface area contributed by atoms with E-state index < -0.39 is 11.9 Å². The number of anilines is 1. The molecule has 0 aliphatic carbocycles. The van der Waals surface area contributed by atoms with E-state index in [-0.39, 0.29) is 18.0 Å². The minimum atomic E-state index is -0.937. The van der Waals surface area contributed by atoms with E-state index in [4.69, 9.17) is 4.74 Å². The summed E-state index contributed by atoms with van der Waals surface area (Å²) in [6.45, 7) is 1.89. The van der Waals surface area contributed by atoms with Gasteiger partial charge in [0.1, 0.15) is 6.61 Å². The minimum Gasteiger partial charge on any atom is -0.486 e. The lowest BCUT2D eigenvalue weighted by atomic mass is 10.1. The molecule has 0 aliphatic heterocycles. The van der Waals surface area contributed by atoms with E-state index in [0.717, 1.165) is 19.1 Å². The number of carbonyl (C=O) groups excluding carboxylic acids is 1. The fourth-order valence-corrected chi connectivity index (χ4v) is 2.57. The number of hydrogen-bond donors (Lipinski definition) is 1. The van der Waals surface area contributed by atoms with Crippen molar-refractivity contribution in [2.24, 2.45) is 0 Å². The van der Waals surface area contributed by atoms with E-state index in [1.54, 1.807) is 24.3 Å². The second-order valence-corrected chi connectivity index (χ2v) is 5.78. The highest BCUT2D eigenvalue weighted by atomic mass is 79.9. The van der Waals surface area contributed by atoms with Crippen LogP contribution in [0.1, 0.15) is 18.1 Å². The number of amides is 1. The summed E-state index contributed by atoms with van der Waals surface area (Å²) in [6, 6.07) is 9.66. The van der Waals surface area contributed by atoms with Gasteiger partial charge in [-0.15, -0.1) is 0 Å². The van der Waals surface area contributed by atoms with E-state index in [1.165, 1.54) is 12.1 Å². The van der Waals surface area contributed by atoms with Gasteiger partial charge in [0, 0.05) is 10.0 Å². The molecule has 0 fully saturated rings. The molecular weight excluding hydrogens is 381 g/mol. The van der Waals surface area contributed by atoms with Gasteiger partial charge in [-0.2, -0.15) is 5.06 Å². The van der Waals surface area contributed by atoms with Crippen molar-refractivity contribution >= 4 is 27.7 Å². The van der Waals surface area contributed by atoms with Crippen molar-refractivity contribution in [1.29, 1.82) is 0 Å². The van der Waals surface area contributed by atoms with Crippen molar-refractivity contribution < 1.29 is 23.9 Å². The summed E-state index contributed by atoms with van der Waals surface area (Å²) in [6.07, 6.45) is -0.211. The monoisotopic (exact) mass is 397 g/mol. The fraction of sp³-hybridized carbons (Fsp3) is 0.235. The smallest absolute Gasteiger partial charge is 0.438 e. The van der Waals surface area contributed by atoms with Gasteiger partial charge in [-0.1, -0.05) is 35.0 Å². The summed E-state index contributed by atoms with van der Waals surface area (Å²) in [5.41, 5.74) is 1.53. The first-order valence-corrected chi connectivity index (χ1v) is 8.02. The molecule has 0 heterocycles. The quantitative estimate of drug-likeness (QED) is 0.587. The molecule has 0 aliphatic rings. The molecule has 1 N–H and O–H groups in total. The minimum absolute atomic E-state index is 0.0484. The van der Waals surface area contributed by atoms with E-state index in [1.807, 2.05) is 6.92 Å². The van der Waals surface area contributed by atoms with E-state index in [2.05, 4.69) is 20.7 Å². The number of carbonyl (C=O) groups is 1. The Morgan fingerprint density at radius 3 is 2.71 bits per heavy atom. The van der Waals surface area contributed by atoms with Gasteiger partial charge >= 0.3 is 6.09 Å². The van der Waals surface area contributed by atoms with Gasteiger partial charge in [0.05, 0.1) is 12.8 Å². The zero-order valence-electron chi connectivity index (χ0n) is 13.3. The summed E-state index contributed by atoms with van der Waals surface area (Å²) >= 11 is 3.34. The van der Waals surface area contributed by atoms with Gasteiger partial charge in [0.25, 0.3) is 0 Å². The zero-order valence-corrected chi connectivity index (χ0v) is 14.8. The molecule has 2 aromatic rings. The number of rotatable bonds is 5. The number of methoxy groups -OCH3 is 1. The second-order valence-electron chi connectivity index (χ2n) is 4.93. The van der Waals surface area contributed by atoms with Crippen molar-refractivity contribution in [3.05, 3.63) is 57.8 Å². The van der Waals surface area contributed by atoms with Crippen molar-refractivity contribution in [2.45, 2.75) is 20.0 Å². The summed E-state index contributed by atoms with van der Waals surface area (Å²) in [5, 5.41) is 10.3. The molecule has 0 saturated carbocycles. The fourth-order valence-electron chi connectivity index (χ4n) is 2.10. The molecule has 128 valence electrons. The topological polar surface area (TPSA) is 59.0 Å². The lowest BCUT2D eigenvalue weighted by Gasteiger charge is -2.18. The Hall–Kier alpha value is -2.12. The number of halogens is 2. The predicted molar refractivity (Wildman–Crippen MR) is 90.9 cm³/mol. The molecule has 0 saturated heterocycles. The molecule has 0 aromatic heterocycles. The van der Waals surface area contributed by atoms with Crippen LogP contribution in [0, 0.1) is 5.82 Å². The van der Waals surface area contributed by atoms with Crippen LogP contribution in [0.5, 0.6) is 5.75 Å². The molecule has 0 bridgehead atoms. The van der Waals surface area contributed by atoms with Crippen LogP contribution >= 0.6 is 15.9 Å². The van der Waals surface area contributed by atoms with Crippen LogP contribution in [-0.2, 0) is 17.8 Å². The number of nitrogens with zero attached hydrogens (tertiary/aromatic N) is 1. The SMILES string of the molecule is CCc1ccc(OCc2c(Br)cccc2N(O)C(=O)OC)c(F)c1.